The van der Waals surface area contributed by atoms with Crippen molar-refractivity contribution >= 4 is 11.8 Å². The smallest absolute Gasteiger partial charge is 0.247 e. The number of nitrogens with zero attached hydrogens (tertiary/aromatic N) is 1. The molecule has 0 aromatic carbocycles. The fourth-order valence-corrected chi connectivity index (χ4v) is 2.11. The van der Waals surface area contributed by atoms with Crippen molar-refractivity contribution in [2.75, 3.05) is 19.8 Å². The van der Waals surface area contributed by atoms with Gasteiger partial charge >= 0.3 is 0 Å². The van der Waals surface area contributed by atoms with Crippen LogP contribution in [-0.4, -0.2) is 48.6 Å². The molecule has 5 heteroatoms. The molecule has 0 bridgehead atoms. The molecule has 1 aliphatic heterocycles. The lowest BCUT2D eigenvalue weighted by Gasteiger charge is -2.21. The van der Waals surface area contributed by atoms with Gasteiger partial charge in [-0.3, -0.25) is 14.5 Å². The number of unbranched alkanes of at least 4 members (excludes halogenated alkanes) is 1. The molecule has 0 aliphatic carbocycles. The maximum absolute atomic E-state index is 12.1. The maximum Gasteiger partial charge on any atom is 0.247 e. The molecule has 1 heterocycles. The molecule has 5 nitrogen and oxygen atoms in total. The number of hydrogen-bond donors (Lipinski definition) is 1. The van der Waals surface area contributed by atoms with Gasteiger partial charge in [0.05, 0.1) is 19.1 Å². The number of rotatable bonds is 9. The first-order valence-corrected chi connectivity index (χ1v) is 7.28. The van der Waals surface area contributed by atoms with Crippen LogP contribution in [0.1, 0.15) is 46.5 Å². The summed E-state index contributed by atoms with van der Waals surface area (Å²) in [6, 6.07) is -0.371. The first kappa shape index (κ1) is 16.1. The second-order valence-corrected chi connectivity index (χ2v) is 5.04. The minimum atomic E-state index is -0.365. The molecule has 2 amide bonds. The SMILES string of the molecule is CCCCOCCNC1CC(=O)N(C(C)CC)C1=O. The van der Waals surface area contributed by atoms with Crippen LogP contribution >= 0.6 is 0 Å². The number of imide groups is 1. The molecule has 110 valence electrons. The topological polar surface area (TPSA) is 58.6 Å². The van der Waals surface area contributed by atoms with Gasteiger partial charge in [0.1, 0.15) is 0 Å². The molecule has 1 fully saturated rings. The number of carbonyl (C=O) groups is 2. The Labute approximate surface area is 115 Å². The second kappa shape index (κ2) is 8.27. The zero-order valence-electron chi connectivity index (χ0n) is 12.3. The minimum absolute atomic E-state index is 0.00685. The molecule has 0 spiro atoms. The Bertz CT molecular complexity index is 307. The first-order valence-electron chi connectivity index (χ1n) is 7.28. The van der Waals surface area contributed by atoms with Gasteiger partial charge in [-0.25, -0.2) is 0 Å². The number of carbonyl (C=O) groups excluding carboxylic acids is 2. The summed E-state index contributed by atoms with van der Waals surface area (Å²) >= 11 is 0. The molecule has 2 atom stereocenters. The summed E-state index contributed by atoms with van der Waals surface area (Å²) in [7, 11) is 0. The van der Waals surface area contributed by atoms with Crippen molar-refractivity contribution in [3.63, 3.8) is 0 Å². The number of ether oxygens (including phenoxy) is 1. The van der Waals surface area contributed by atoms with Crippen LogP contribution in [0.5, 0.6) is 0 Å². The van der Waals surface area contributed by atoms with Crippen LogP contribution in [0.3, 0.4) is 0 Å². The molecule has 1 saturated heterocycles. The van der Waals surface area contributed by atoms with Gasteiger partial charge in [0, 0.05) is 19.2 Å². The highest BCUT2D eigenvalue weighted by Gasteiger charge is 2.40. The van der Waals surface area contributed by atoms with Gasteiger partial charge < -0.3 is 10.1 Å². The van der Waals surface area contributed by atoms with Crippen molar-refractivity contribution in [3.8, 4) is 0 Å². The Hall–Kier alpha value is -0.940. The third kappa shape index (κ3) is 4.58. The predicted octanol–water partition coefficient (Wildman–Crippen LogP) is 1.32. The molecular formula is C14H26N2O3. The van der Waals surface area contributed by atoms with Crippen molar-refractivity contribution in [2.45, 2.75) is 58.5 Å². The molecular weight excluding hydrogens is 244 g/mol. The van der Waals surface area contributed by atoms with E-state index in [0.717, 1.165) is 25.9 Å². The molecule has 0 aromatic rings. The van der Waals surface area contributed by atoms with E-state index in [4.69, 9.17) is 4.74 Å². The number of nitrogens with one attached hydrogen (secondary N) is 1. The lowest BCUT2D eigenvalue weighted by Crippen LogP contribution is -2.43. The summed E-state index contributed by atoms with van der Waals surface area (Å²) in [5, 5.41) is 3.11. The summed E-state index contributed by atoms with van der Waals surface area (Å²) in [5.41, 5.74) is 0. The Morgan fingerprint density at radius 1 is 1.37 bits per heavy atom. The minimum Gasteiger partial charge on any atom is -0.380 e. The summed E-state index contributed by atoms with van der Waals surface area (Å²) < 4.78 is 5.42. The summed E-state index contributed by atoms with van der Waals surface area (Å²) in [5.74, 6) is -0.156. The van der Waals surface area contributed by atoms with E-state index < -0.39 is 0 Å². The van der Waals surface area contributed by atoms with Gasteiger partial charge in [0.2, 0.25) is 11.8 Å². The van der Waals surface area contributed by atoms with Crippen LogP contribution in [0, 0.1) is 0 Å². The second-order valence-electron chi connectivity index (χ2n) is 5.04. The molecule has 19 heavy (non-hydrogen) atoms. The summed E-state index contributed by atoms with van der Waals surface area (Å²) in [4.78, 5) is 25.3. The van der Waals surface area contributed by atoms with Crippen LogP contribution in [0.2, 0.25) is 0 Å². The molecule has 1 N–H and O–H groups in total. The normalized spacial score (nSPS) is 21.2. The zero-order chi connectivity index (χ0) is 14.3. The number of hydrogen-bond acceptors (Lipinski definition) is 4. The largest absolute Gasteiger partial charge is 0.380 e. The quantitative estimate of drug-likeness (QED) is 0.507. The highest BCUT2D eigenvalue weighted by molar-refractivity contribution is 6.05. The van der Waals surface area contributed by atoms with Crippen LogP contribution in [0.15, 0.2) is 0 Å². The Balaban J connectivity index is 2.28. The lowest BCUT2D eigenvalue weighted by atomic mass is 10.2. The van der Waals surface area contributed by atoms with Crippen LogP contribution in [0.4, 0.5) is 0 Å². The van der Waals surface area contributed by atoms with E-state index in [-0.39, 0.29) is 30.3 Å². The van der Waals surface area contributed by atoms with Crippen LogP contribution < -0.4 is 5.32 Å². The number of amides is 2. The lowest BCUT2D eigenvalue weighted by molar-refractivity contribution is -0.141. The summed E-state index contributed by atoms with van der Waals surface area (Å²) in [6.07, 6.45) is 3.25. The highest BCUT2D eigenvalue weighted by atomic mass is 16.5. The zero-order valence-corrected chi connectivity index (χ0v) is 12.3. The van der Waals surface area contributed by atoms with Gasteiger partial charge in [-0.05, 0) is 19.8 Å². The van der Waals surface area contributed by atoms with E-state index in [2.05, 4.69) is 12.2 Å². The van der Waals surface area contributed by atoms with E-state index in [1.165, 1.54) is 4.90 Å². The van der Waals surface area contributed by atoms with Gasteiger partial charge in [0.25, 0.3) is 0 Å². The fraction of sp³-hybridized carbons (Fsp3) is 0.857. The van der Waals surface area contributed by atoms with Crippen LogP contribution in [0.25, 0.3) is 0 Å². The first-order chi connectivity index (χ1) is 9.11. The average molecular weight is 270 g/mol. The standard InChI is InChI=1S/C14H26N2O3/c1-4-6-8-19-9-7-15-12-10-13(17)16(14(12)18)11(3)5-2/h11-12,15H,4-10H2,1-3H3. The van der Waals surface area contributed by atoms with E-state index in [9.17, 15) is 9.59 Å². The van der Waals surface area contributed by atoms with Crippen molar-refractivity contribution in [1.82, 2.24) is 10.2 Å². The van der Waals surface area contributed by atoms with Gasteiger partial charge in [0.15, 0.2) is 0 Å². The fourth-order valence-electron chi connectivity index (χ4n) is 2.11. The molecule has 0 radical (unpaired) electrons. The molecule has 1 aliphatic rings. The van der Waals surface area contributed by atoms with E-state index >= 15 is 0 Å². The summed E-state index contributed by atoms with van der Waals surface area (Å²) in [6.45, 7) is 7.96. The van der Waals surface area contributed by atoms with Crippen molar-refractivity contribution in [1.29, 1.82) is 0 Å². The van der Waals surface area contributed by atoms with Crippen molar-refractivity contribution in [2.24, 2.45) is 0 Å². The monoisotopic (exact) mass is 270 g/mol. The van der Waals surface area contributed by atoms with Crippen LogP contribution in [-0.2, 0) is 14.3 Å². The molecule has 1 rings (SSSR count). The third-order valence-electron chi connectivity index (χ3n) is 3.49. The van der Waals surface area contributed by atoms with Crippen molar-refractivity contribution < 1.29 is 14.3 Å². The van der Waals surface area contributed by atoms with E-state index in [0.29, 0.717) is 13.2 Å². The molecule has 2 unspecified atom stereocenters. The van der Waals surface area contributed by atoms with Crippen molar-refractivity contribution in [3.05, 3.63) is 0 Å². The maximum atomic E-state index is 12.1. The predicted molar refractivity (Wildman–Crippen MR) is 73.7 cm³/mol. The van der Waals surface area contributed by atoms with E-state index in [1.54, 1.807) is 0 Å². The van der Waals surface area contributed by atoms with E-state index in [1.807, 2.05) is 13.8 Å². The number of likely N-dealkylation sites (tertiary alicyclic amines) is 1. The highest BCUT2D eigenvalue weighted by Crippen LogP contribution is 2.17. The Kier molecular flexibility index (Phi) is 7.02. The average Bonchev–Trinajstić information content (AvgIpc) is 2.68. The third-order valence-corrected chi connectivity index (χ3v) is 3.49. The van der Waals surface area contributed by atoms with Gasteiger partial charge in [-0.15, -0.1) is 0 Å². The Morgan fingerprint density at radius 2 is 2.11 bits per heavy atom. The molecule has 0 saturated carbocycles. The Morgan fingerprint density at radius 3 is 2.74 bits per heavy atom. The van der Waals surface area contributed by atoms with Gasteiger partial charge in [-0.2, -0.15) is 0 Å². The van der Waals surface area contributed by atoms with Gasteiger partial charge in [-0.1, -0.05) is 20.3 Å². The molecule has 0 aromatic heterocycles.